The molecule has 0 aliphatic rings. The molecule has 0 aromatic rings. The summed E-state index contributed by atoms with van der Waals surface area (Å²) in [4.78, 5) is 0. The van der Waals surface area contributed by atoms with Crippen molar-refractivity contribution in [3.63, 3.8) is 0 Å². The standard InChI is InChI=1S/C9H19ClFN/c1-3-9(4-2,7-10)8-12-6-5-11/h12H,3-8H2,1-2H3. The number of hydrogen-bond acceptors (Lipinski definition) is 1. The minimum absolute atomic E-state index is 0.163. The molecule has 0 saturated carbocycles. The zero-order valence-electron chi connectivity index (χ0n) is 8.00. The summed E-state index contributed by atoms with van der Waals surface area (Å²) in [6.07, 6.45) is 2.10. The van der Waals surface area contributed by atoms with Crippen LogP contribution in [0.15, 0.2) is 0 Å². The maximum absolute atomic E-state index is 11.8. The summed E-state index contributed by atoms with van der Waals surface area (Å²) in [6.45, 7) is 5.23. The molecule has 0 rings (SSSR count). The van der Waals surface area contributed by atoms with Crippen molar-refractivity contribution in [2.24, 2.45) is 5.41 Å². The van der Waals surface area contributed by atoms with E-state index >= 15 is 0 Å². The Balaban J connectivity index is 3.76. The van der Waals surface area contributed by atoms with Crippen LogP contribution in [0.4, 0.5) is 4.39 Å². The van der Waals surface area contributed by atoms with Crippen LogP contribution < -0.4 is 5.32 Å². The van der Waals surface area contributed by atoms with E-state index in [1.165, 1.54) is 0 Å². The topological polar surface area (TPSA) is 12.0 Å². The van der Waals surface area contributed by atoms with Gasteiger partial charge < -0.3 is 5.32 Å². The monoisotopic (exact) mass is 195 g/mol. The molecule has 1 nitrogen and oxygen atoms in total. The molecule has 0 aliphatic heterocycles. The van der Waals surface area contributed by atoms with Crippen molar-refractivity contribution in [1.82, 2.24) is 5.32 Å². The second-order valence-electron chi connectivity index (χ2n) is 3.21. The molecule has 0 aromatic carbocycles. The van der Waals surface area contributed by atoms with E-state index in [9.17, 15) is 4.39 Å². The number of hydrogen-bond donors (Lipinski definition) is 1. The van der Waals surface area contributed by atoms with Crippen molar-refractivity contribution in [2.75, 3.05) is 25.6 Å². The third-order valence-electron chi connectivity index (χ3n) is 2.55. The Morgan fingerprint density at radius 2 is 1.92 bits per heavy atom. The van der Waals surface area contributed by atoms with Crippen LogP contribution in [-0.4, -0.2) is 25.6 Å². The van der Waals surface area contributed by atoms with Gasteiger partial charge in [-0.25, -0.2) is 4.39 Å². The highest BCUT2D eigenvalue weighted by molar-refractivity contribution is 6.18. The summed E-state index contributed by atoms with van der Waals surface area (Å²) in [6, 6.07) is 0. The maximum Gasteiger partial charge on any atom is 0.102 e. The summed E-state index contributed by atoms with van der Waals surface area (Å²) in [7, 11) is 0. The number of alkyl halides is 2. The highest BCUT2D eigenvalue weighted by atomic mass is 35.5. The molecule has 0 atom stereocenters. The third-order valence-corrected chi connectivity index (χ3v) is 3.12. The second-order valence-corrected chi connectivity index (χ2v) is 3.47. The lowest BCUT2D eigenvalue weighted by Gasteiger charge is -2.29. The number of nitrogens with one attached hydrogen (secondary N) is 1. The average molecular weight is 196 g/mol. The lowest BCUT2D eigenvalue weighted by Crippen LogP contribution is -2.35. The zero-order valence-corrected chi connectivity index (χ0v) is 8.75. The molecular weight excluding hydrogens is 177 g/mol. The molecular formula is C9H19ClFN. The Morgan fingerprint density at radius 3 is 2.25 bits per heavy atom. The van der Waals surface area contributed by atoms with Crippen LogP contribution in [0, 0.1) is 5.41 Å². The number of rotatable bonds is 7. The van der Waals surface area contributed by atoms with E-state index in [-0.39, 0.29) is 12.1 Å². The molecule has 0 fully saturated rings. The van der Waals surface area contributed by atoms with Crippen molar-refractivity contribution in [3.8, 4) is 0 Å². The molecule has 0 saturated heterocycles. The van der Waals surface area contributed by atoms with Gasteiger partial charge in [0, 0.05) is 19.0 Å². The second kappa shape index (κ2) is 6.67. The van der Waals surface area contributed by atoms with Crippen LogP contribution in [0.1, 0.15) is 26.7 Å². The fourth-order valence-electron chi connectivity index (χ4n) is 1.16. The summed E-state index contributed by atoms with van der Waals surface area (Å²) in [5, 5.41) is 3.07. The van der Waals surface area contributed by atoms with Crippen LogP contribution in [0.3, 0.4) is 0 Å². The minimum Gasteiger partial charge on any atom is -0.314 e. The van der Waals surface area contributed by atoms with Gasteiger partial charge in [-0.3, -0.25) is 0 Å². The fraction of sp³-hybridized carbons (Fsp3) is 1.00. The summed E-state index contributed by atoms with van der Waals surface area (Å²) in [5.74, 6) is 0.652. The molecule has 0 radical (unpaired) electrons. The Labute approximate surface area is 79.7 Å². The molecule has 0 aromatic heterocycles. The van der Waals surface area contributed by atoms with Crippen molar-refractivity contribution >= 4 is 11.6 Å². The van der Waals surface area contributed by atoms with E-state index < -0.39 is 0 Å². The van der Waals surface area contributed by atoms with Gasteiger partial charge >= 0.3 is 0 Å². The molecule has 0 heterocycles. The SMILES string of the molecule is CCC(CC)(CCl)CNCCF. The van der Waals surface area contributed by atoms with Gasteiger partial charge in [0.05, 0.1) is 0 Å². The quantitative estimate of drug-likeness (QED) is 0.487. The van der Waals surface area contributed by atoms with Gasteiger partial charge in [0.15, 0.2) is 0 Å². The predicted octanol–water partition coefficient (Wildman–Crippen LogP) is 2.59. The molecule has 1 N–H and O–H groups in total. The van der Waals surface area contributed by atoms with Gasteiger partial charge in [0.25, 0.3) is 0 Å². The zero-order chi connectivity index (χ0) is 9.45. The van der Waals surface area contributed by atoms with Gasteiger partial charge in [-0.05, 0) is 18.3 Å². The Bertz CT molecular complexity index is 96.4. The fourth-order valence-corrected chi connectivity index (χ4v) is 1.63. The van der Waals surface area contributed by atoms with Crippen LogP contribution in [0.2, 0.25) is 0 Å². The average Bonchev–Trinajstić information content (AvgIpc) is 2.14. The molecule has 0 bridgehead atoms. The van der Waals surface area contributed by atoms with Gasteiger partial charge in [0.2, 0.25) is 0 Å². The lowest BCUT2D eigenvalue weighted by atomic mass is 9.84. The van der Waals surface area contributed by atoms with Crippen molar-refractivity contribution < 1.29 is 4.39 Å². The van der Waals surface area contributed by atoms with Crippen molar-refractivity contribution in [1.29, 1.82) is 0 Å². The third kappa shape index (κ3) is 3.72. The Hall–Kier alpha value is 0.180. The predicted molar refractivity (Wildman–Crippen MR) is 52.6 cm³/mol. The first-order valence-corrected chi connectivity index (χ1v) is 5.10. The first-order chi connectivity index (χ1) is 5.74. The molecule has 12 heavy (non-hydrogen) atoms. The molecule has 0 spiro atoms. The lowest BCUT2D eigenvalue weighted by molar-refractivity contribution is 0.282. The first kappa shape index (κ1) is 12.2. The molecule has 0 unspecified atom stereocenters. The Kier molecular flexibility index (Phi) is 6.77. The summed E-state index contributed by atoms with van der Waals surface area (Å²) < 4.78 is 11.8. The van der Waals surface area contributed by atoms with Crippen LogP contribution >= 0.6 is 11.6 Å². The van der Waals surface area contributed by atoms with Gasteiger partial charge in [-0.2, -0.15) is 0 Å². The Morgan fingerprint density at radius 1 is 1.33 bits per heavy atom. The molecule has 3 heteroatoms. The van der Waals surface area contributed by atoms with E-state index in [1.807, 2.05) is 0 Å². The van der Waals surface area contributed by atoms with Gasteiger partial charge in [0.1, 0.15) is 6.67 Å². The number of halogens is 2. The van der Waals surface area contributed by atoms with Crippen LogP contribution in [0.5, 0.6) is 0 Å². The summed E-state index contributed by atoms with van der Waals surface area (Å²) >= 11 is 5.87. The summed E-state index contributed by atoms with van der Waals surface area (Å²) in [5.41, 5.74) is 0.163. The van der Waals surface area contributed by atoms with Gasteiger partial charge in [-0.15, -0.1) is 11.6 Å². The van der Waals surface area contributed by atoms with E-state index in [4.69, 9.17) is 11.6 Å². The van der Waals surface area contributed by atoms with E-state index in [1.54, 1.807) is 0 Å². The molecule has 0 aliphatic carbocycles. The molecule has 0 amide bonds. The minimum atomic E-state index is -0.300. The first-order valence-electron chi connectivity index (χ1n) is 4.57. The van der Waals surface area contributed by atoms with E-state index in [0.717, 1.165) is 19.4 Å². The maximum atomic E-state index is 11.8. The van der Waals surface area contributed by atoms with Gasteiger partial charge in [-0.1, -0.05) is 13.8 Å². The van der Waals surface area contributed by atoms with Crippen LogP contribution in [0.25, 0.3) is 0 Å². The van der Waals surface area contributed by atoms with Crippen molar-refractivity contribution in [2.45, 2.75) is 26.7 Å². The highest BCUT2D eigenvalue weighted by Crippen LogP contribution is 2.26. The van der Waals surface area contributed by atoms with E-state index in [2.05, 4.69) is 19.2 Å². The smallest absolute Gasteiger partial charge is 0.102 e. The van der Waals surface area contributed by atoms with E-state index in [0.29, 0.717) is 12.4 Å². The highest BCUT2D eigenvalue weighted by Gasteiger charge is 2.23. The molecule has 74 valence electrons. The van der Waals surface area contributed by atoms with Crippen LogP contribution in [-0.2, 0) is 0 Å². The largest absolute Gasteiger partial charge is 0.314 e. The van der Waals surface area contributed by atoms with Crippen molar-refractivity contribution in [3.05, 3.63) is 0 Å². The normalized spacial score (nSPS) is 12.0.